The van der Waals surface area contributed by atoms with Gasteiger partial charge in [-0.3, -0.25) is 9.59 Å². The van der Waals surface area contributed by atoms with Gasteiger partial charge in [0.05, 0.1) is 0 Å². The van der Waals surface area contributed by atoms with Gasteiger partial charge in [0.15, 0.2) is 5.78 Å². The van der Waals surface area contributed by atoms with E-state index in [0.29, 0.717) is 5.39 Å². The number of halogens is 1. The number of alkyl halides is 1. The highest BCUT2D eigenvalue weighted by Crippen LogP contribution is 2.25. The van der Waals surface area contributed by atoms with Gasteiger partial charge in [-0.05, 0) is 24.6 Å². The summed E-state index contributed by atoms with van der Waals surface area (Å²) in [4.78, 5) is 23.3. The zero-order chi connectivity index (χ0) is 13.3. The van der Waals surface area contributed by atoms with Crippen LogP contribution in [0.5, 0.6) is 0 Å². The third-order valence-corrected chi connectivity index (χ3v) is 3.12. The highest BCUT2D eigenvalue weighted by molar-refractivity contribution is 6.21. The van der Waals surface area contributed by atoms with Gasteiger partial charge >= 0.3 is 0 Å². The first-order valence-corrected chi connectivity index (χ1v) is 5.67. The maximum Gasteiger partial charge on any atom is 0.227 e. The number of hydrogen-bond donors (Lipinski definition) is 0. The lowest BCUT2D eigenvalue weighted by molar-refractivity contribution is -0.124. The molecule has 0 saturated heterocycles. The molecule has 0 saturated carbocycles. The molecule has 2 aromatic rings. The lowest BCUT2D eigenvalue weighted by atomic mass is 9.90. The Balaban J connectivity index is 2.62. The molecule has 0 aliphatic carbocycles. The smallest absolute Gasteiger partial charge is 0.227 e. The van der Waals surface area contributed by atoms with Crippen LogP contribution in [0, 0.1) is 0 Å². The lowest BCUT2D eigenvalue weighted by Crippen LogP contribution is -2.37. The lowest BCUT2D eigenvalue weighted by Gasteiger charge is -2.16. The fourth-order valence-electron chi connectivity index (χ4n) is 1.84. The summed E-state index contributed by atoms with van der Waals surface area (Å²) < 4.78 is 14.1. The standard InChI is InChI=1S/C15H13FO2/c1-10(17)15(2,16)14(18)13-9-5-7-11-6-3-4-8-12(11)13/h3-9H,1-2H3/t15-/m0/s1. The molecule has 0 aromatic heterocycles. The third kappa shape index (κ3) is 1.92. The van der Waals surface area contributed by atoms with Crippen molar-refractivity contribution in [1.29, 1.82) is 0 Å². The molecule has 0 heterocycles. The Morgan fingerprint density at radius 2 is 1.67 bits per heavy atom. The Bertz CT molecular complexity index is 624. The second-order valence-electron chi connectivity index (χ2n) is 4.41. The van der Waals surface area contributed by atoms with E-state index in [1.807, 2.05) is 18.2 Å². The van der Waals surface area contributed by atoms with E-state index in [2.05, 4.69) is 0 Å². The topological polar surface area (TPSA) is 34.1 Å². The van der Waals surface area contributed by atoms with Crippen molar-refractivity contribution in [2.75, 3.05) is 0 Å². The predicted molar refractivity (Wildman–Crippen MR) is 68.5 cm³/mol. The van der Waals surface area contributed by atoms with E-state index in [0.717, 1.165) is 19.2 Å². The Morgan fingerprint density at radius 3 is 2.33 bits per heavy atom. The Kier molecular flexibility index (Phi) is 2.99. The molecular formula is C15H13FO2. The van der Waals surface area contributed by atoms with Crippen molar-refractivity contribution in [3.05, 3.63) is 48.0 Å². The monoisotopic (exact) mass is 244 g/mol. The molecule has 92 valence electrons. The highest BCUT2D eigenvalue weighted by atomic mass is 19.1. The van der Waals surface area contributed by atoms with Crippen LogP contribution in [-0.4, -0.2) is 17.2 Å². The number of carbonyl (C=O) groups excluding carboxylic acids is 2. The molecule has 0 bridgehead atoms. The van der Waals surface area contributed by atoms with E-state index < -0.39 is 17.2 Å². The molecule has 0 aliphatic rings. The molecule has 0 fully saturated rings. The molecule has 3 heteroatoms. The maximum atomic E-state index is 14.1. The SMILES string of the molecule is CC(=O)[C@](C)(F)C(=O)c1cccc2ccccc12. The summed E-state index contributed by atoms with van der Waals surface area (Å²) in [6, 6.07) is 12.3. The first-order valence-electron chi connectivity index (χ1n) is 5.67. The van der Waals surface area contributed by atoms with E-state index in [1.54, 1.807) is 24.3 Å². The zero-order valence-corrected chi connectivity index (χ0v) is 10.2. The first-order chi connectivity index (χ1) is 8.44. The van der Waals surface area contributed by atoms with Crippen molar-refractivity contribution in [3.63, 3.8) is 0 Å². The minimum atomic E-state index is -2.47. The molecule has 1 atom stereocenters. The molecule has 2 nitrogen and oxygen atoms in total. The van der Waals surface area contributed by atoms with Crippen LogP contribution in [0.2, 0.25) is 0 Å². The average molecular weight is 244 g/mol. The first kappa shape index (κ1) is 12.4. The summed E-state index contributed by atoms with van der Waals surface area (Å²) in [5, 5.41) is 1.51. The summed E-state index contributed by atoms with van der Waals surface area (Å²) in [7, 11) is 0. The molecule has 2 aromatic carbocycles. The van der Waals surface area contributed by atoms with Gasteiger partial charge in [0.1, 0.15) is 0 Å². The zero-order valence-electron chi connectivity index (χ0n) is 10.2. The van der Waals surface area contributed by atoms with Gasteiger partial charge in [-0.15, -0.1) is 0 Å². The van der Waals surface area contributed by atoms with Gasteiger partial charge in [0.25, 0.3) is 0 Å². The van der Waals surface area contributed by atoms with E-state index in [9.17, 15) is 14.0 Å². The minimum Gasteiger partial charge on any atom is -0.296 e. The number of rotatable bonds is 3. The number of hydrogen-bond acceptors (Lipinski definition) is 2. The fourth-order valence-corrected chi connectivity index (χ4v) is 1.84. The normalized spacial score (nSPS) is 14.2. The van der Waals surface area contributed by atoms with Crippen molar-refractivity contribution >= 4 is 22.3 Å². The van der Waals surface area contributed by atoms with Gasteiger partial charge in [-0.25, -0.2) is 4.39 Å². The van der Waals surface area contributed by atoms with Crippen molar-refractivity contribution in [1.82, 2.24) is 0 Å². The quantitative estimate of drug-likeness (QED) is 0.613. The summed E-state index contributed by atoms with van der Waals surface area (Å²) in [5.41, 5.74) is -2.22. The van der Waals surface area contributed by atoms with Gasteiger partial charge in [-0.1, -0.05) is 42.5 Å². The second kappa shape index (κ2) is 4.33. The number of benzene rings is 2. The maximum absolute atomic E-state index is 14.1. The molecule has 0 radical (unpaired) electrons. The van der Waals surface area contributed by atoms with Crippen LogP contribution in [0.25, 0.3) is 10.8 Å². The molecule has 0 spiro atoms. The van der Waals surface area contributed by atoms with Crippen LogP contribution >= 0.6 is 0 Å². The number of fused-ring (bicyclic) bond motifs is 1. The largest absolute Gasteiger partial charge is 0.296 e. The summed E-state index contributed by atoms with van der Waals surface area (Å²) in [6.45, 7) is 2.10. The van der Waals surface area contributed by atoms with Crippen molar-refractivity contribution < 1.29 is 14.0 Å². The van der Waals surface area contributed by atoms with Gasteiger partial charge in [0, 0.05) is 5.56 Å². The molecule has 0 amide bonds. The van der Waals surface area contributed by atoms with Crippen LogP contribution in [0.1, 0.15) is 24.2 Å². The number of Topliss-reactive ketones (excluding diaryl/α,β-unsaturated/α-hetero) is 2. The molecule has 0 N–H and O–H groups in total. The van der Waals surface area contributed by atoms with E-state index in [4.69, 9.17) is 0 Å². The predicted octanol–water partition coefficient (Wildman–Crippen LogP) is 3.34. The summed E-state index contributed by atoms with van der Waals surface area (Å²) in [6.07, 6.45) is 0. The Morgan fingerprint density at radius 1 is 1.06 bits per heavy atom. The van der Waals surface area contributed by atoms with Crippen LogP contribution in [0.4, 0.5) is 4.39 Å². The Labute approximate surface area is 104 Å². The molecule has 18 heavy (non-hydrogen) atoms. The second-order valence-corrected chi connectivity index (χ2v) is 4.41. The van der Waals surface area contributed by atoms with Crippen molar-refractivity contribution in [2.45, 2.75) is 19.5 Å². The van der Waals surface area contributed by atoms with Gasteiger partial charge in [0.2, 0.25) is 11.5 Å². The Hall–Kier alpha value is -2.03. The average Bonchev–Trinajstić information content (AvgIpc) is 2.37. The number of carbonyl (C=O) groups is 2. The van der Waals surface area contributed by atoms with Crippen molar-refractivity contribution in [2.24, 2.45) is 0 Å². The van der Waals surface area contributed by atoms with E-state index in [-0.39, 0.29) is 5.56 Å². The molecule has 2 rings (SSSR count). The molecule has 0 aliphatic heterocycles. The summed E-state index contributed by atoms with van der Waals surface area (Å²) >= 11 is 0. The summed E-state index contributed by atoms with van der Waals surface area (Å²) in [5.74, 6) is -1.56. The molecular weight excluding hydrogens is 231 g/mol. The number of ketones is 2. The van der Waals surface area contributed by atoms with E-state index in [1.165, 1.54) is 0 Å². The fraction of sp³-hybridized carbons (Fsp3) is 0.200. The highest BCUT2D eigenvalue weighted by Gasteiger charge is 2.39. The van der Waals surface area contributed by atoms with Crippen LogP contribution in [-0.2, 0) is 4.79 Å². The van der Waals surface area contributed by atoms with Gasteiger partial charge in [-0.2, -0.15) is 0 Å². The molecule has 0 unspecified atom stereocenters. The van der Waals surface area contributed by atoms with Gasteiger partial charge < -0.3 is 0 Å². The van der Waals surface area contributed by atoms with Crippen LogP contribution in [0.3, 0.4) is 0 Å². The third-order valence-electron chi connectivity index (χ3n) is 3.12. The van der Waals surface area contributed by atoms with Crippen LogP contribution < -0.4 is 0 Å². The van der Waals surface area contributed by atoms with Crippen LogP contribution in [0.15, 0.2) is 42.5 Å². The minimum absolute atomic E-state index is 0.244. The van der Waals surface area contributed by atoms with Crippen molar-refractivity contribution in [3.8, 4) is 0 Å². The van der Waals surface area contributed by atoms with E-state index >= 15 is 0 Å².